The first kappa shape index (κ1) is 12.5. The molecule has 0 bridgehead atoms. The fraction of sp³-hybridized carbons (Fsp3) is 0.300. The minimum absolute atomic E-state index is 0.0828. The van der Waals surface area contributed by atoms with Crippen molar-refractivity contribution in [2.24, 2.45) is 0 Å². The number of aliphatic hydroxyl groups is 1. The molecule has 5 heteroatoms. The van der Waals surface area contributed by atoms with E-state index >= 15 is 0 Å². The second-order valence-corrected chi connectivity index (χ2v) is 4.45. The van der Waals surface area contributed by atoms with Crippen LogP contribution in [0, 0.1) is 0 Å². The third-order valence-corrected chi connectivity index (χ3v) is 3.05. The number of aliphatic hydroxyl groups excluding tert-OH is 1. The van der Waals surface area contributed by atoms with Gasteiger partial charge in [-0.1, -0.05) is 11.6 Å². The highest BCUT2D eigenvalue weighted by atomic mass is 79.9. The second-order valence-electron chi connectivity index (χ2n) is 3.19. The van der Waals surface area contributed by atoms with Crippen LogP contribution in [0.15, 0.2) is 22.7 Å². The number of benzene rings is 1. The van der Waals surface area contributed by atoms with Gasteiger partial charge in [0.1, 0.15) is 0 Å². The smallest absolute Gasteiger partial charge is 0.251 e. The van der Waals surface area contributed by atoms with Crippen LogP contribution in [0.1, 0.15) is 17.3 Å². The van der Waals surface area contributed by atoms with Crippen molar-refractivity contribution in [3.05, 3.63) is 33.3 Å². The molecule has 1 unspecified atom stereocenters. The molecule has 0 saturated carbocycles. The molecule has 0 aliphatic heterocycles. The van der Waals surface area contributed by atoms with E-state index in [1.54, 1.807) is 25.1 Å². The van der Waals surface area contributed by atoms with E-state index in [-0.39, 0.29) is 18.6 Å². The van der Waals surface area contributed by atoms with Crippen LogP contribution in [0.4, 0.5) is 0 Å². The summed E-state index contributed by atoms with van der Waals surface area (Å²) >= 11 is 9.04. The summed E-state index contributed by atoms with van der Waals surface area (Å²) in [6, 6.07) is 4.66. The Morgan fingerprint density at radius 2 is 2.33 bits per heavy atom. The quantitative estimate of drug-likeness (QED) is 0.897. The number of amides is 1. The highest BCUT2D eigenvalue weighted by Crippen LogP contribution is 2.23. The maximum Gasteiger partial charge on any atom is 0.251 e. The molecule has 1 atom stereocenters. The molecule has 15 heavy (non-hydrogen) atoms. The van der Waals surface area contributed by atoms with E-state index in [9.17, 15) is 4.79 Å². The predicted octanol–water partition coefficient (Wildman–Crippen LogP) is 2.21. The minimum atomic E-state index is -0.257. The Hall–Kier alpha value is -0.580. The molecule has 1 rings (SSSR count). The third-order valence-electron chi connectivity index (χ3n) is 1.83. The number of nitrogens with one attached hydrogen (secondary N) is 1. The van der Waals surface area contributed by atoms with Crippen LogP contribution < -0.4 is 5.32 Å². The first-order valence-electron chi connectivity index (χ1n) is 4.41. The number of hydrogen-bond donors (Lipinski definition) is 2. The van der Waals surface area contributed by atoms with Crippen molar-refractivity contribution < 1.29 is 9.90 Å². The van der Waals surface area contributed by atoms with Gasteiger partial charge < -0.3 is 10.4 Å². The molecule has 0 saturated heterocycles. The van der Waals surface area contributed by atoms with Gasteiger partial charge in [-0.15, -0.1) is 0 Å². The van der Waals surface area contributed by atoms with Crippen LogP contribution in [-0.2, 0) is 0 Å². The summed E-state index contributed by atoms with van der Waals surface area (Å²) in [5, 5.41) is 12.0. The van der Waals surface area contributed by atoms with Crippen molar-refractivity contribution in [1.29, 1.82) is 0 Å². The fourth-order valence-corrected chi connectivity index (χ4v) is 1.49. The lowest BCUT2D eigenvalue weighted by Gasteiger charge is -2.10. The van der Waals surface area contributed by atoms with Gasteiger partial charge in [0.15, 0.2) is 0 Å². The van der Waals surface area contributed by atoms with E-state index in [0.717, 1.165) is 0 Å². The SMILES string of the molecule is CC(CO)NC(=O)c1ccc(Cl)c(Br)c1. The van der Waals surface area contributed by atoms with Gasteiger partial charge in [0.2, 0.25) is 0 Å². The predicted molar refractivity (Wildman–Crippen MR) is 63.2 cm³/mol. The fourth-order valence-electron chi connectivity index (χ4n) is 0.990. The van der Waals surface area contributed by atoms with Crippen molar-refractivity contribution in [3.63, 3.8) is 0 Å². The third kappa shape index (κ3) is 3.48. The van der Waals surface area contributed by atoms with Gasteiger partial charge in [-0.25, -0.2) is 0 Å². The van der Waals surface area contributed by atoms with Crippen LogP contribution >= 0.6 is 27.5 Å². The molecule has 3 nitrogen and oxygen atoms in total. The van der Waals surface area contributed by atoms with E-state index in [0.29, 0.717) is 15.1 Å². The lowest BCUT2D eigenvalue weighted by molar-refractivity contribution is 0.0922. The normalized spacial score (nSPS) is 12.3. The summed E-state index contributed by atoms with van der Waals surface area (Å²) in [7, 11) is 0. The Morgan fingerprint density at radius 1 is 1.67 bits per heavy atom. The first-order chi connectivity index (χ1) is 7.04. The number of carbonyl (C=O) groups excluding carboxylic acids is 1. The number of carbonyl (C=O) groups is 1. The van der Waals surface area contributed by atoms with E-state index in [1.807, 2.05) is 0 Å². The van der Waals surface area contributed by atoms with Crippen molar-refractivity contribution in [2.75, 3.05) is 6.61 Å². The van der Waals surface area contributed by atoms with E-state index in [4.69, 9.17) is 16.7 Å². The molecular weight excluding hydrogens is 281 g/mol. The molecule has 0 aliphatic rings. The lowest BCUT2D eigenvalue weighted by atomic mass is 10.2. The molecule has 0 heterocycles. The van der Waals surface area contributed by atoms with E-state index < -0.39 is 0 Å². The maximum absolute atomic E-state index is 11.6. The summed E-state index contributed by atoms with van der Waals surface area (Å²) in [5.74, 6) is -0.228. The average Bonchev–Trinajstić information content (AvgIpc) is 2.21. The van der Waals surface area contributed by atoms with Crippen LogP contribution in [0.2, 0.25) is 5.02 Å². The zero-order chi connectivity index (χ0) is 11.4. The Morgan fingerprint density at radius 3 is 2.87 bits per heavy atom. The Labute approximate surface area is 102 Å². The number of hydrogen-bond acceptors (Lipinski definition) is 2. The molecule has 1 aromatic carbocycles. The highest BCUT2D eigenvalue weighted by molar-refractivity contribution is 9.10. The first-order valence-corrected chi connectivity index (χ1v) is 5.58. The summed E-state index contributed by atoms with van der Waals surface area (Å²) in [6.07, 6.45) is 0. The highest BCUT2D eigenvalue weighted by Gasteiger charge is 2.10. The Bertz CT molecular complexity index is 370. The monoisotopic (exact) mass is 291 g/mol. The summed E-state index contributed by atoms with van der Waals surface area (Å²) in [4.78, 5) is 11.6. The molecule has 0 aliphatic carbocycles. The van der Waals surface area contributed by atoms with Gasteiger partial charge >= 0.3 is 0 Å². The number of rotatable bonds is 3. The molecule has 82 valence electrons. The zero-order valence-corrected chi connectivity index (χ0v) is 10.5. The molecule has 0 spiro atoms. The molecule has 1 aromatic rings. The van der Waals surface area contributed by atoms with Crippen molar-refractivity contribution in [2.45, 2.75) is 13.0 Å². The van der Waals surface area contributed by atoms with Crippen molar-refractivity contribution in [1.82, 2.24) is 5.32 Å². The van der Waals surface area contributed by atoms with Gasteiger partial charge in [0.05, 0.1) is 11.6 Å². The summed E-state index contributed by atoms with van der Waals surface area (Å²) < 4.78 is 0.675. The minimum Gasteiger partial charge on any atom is -0.394 e. The zero-order valence-electron chi connectivity index (χ0n) is 8.13. The van der Waals surface area contributed by atoms with Crippen molar-refractivity contribution >= 4 is 33.4 Å². The van der Waals surface area contributed by atoms with Gasteiger partial charge in [0.25, 0.3) is 5.91 Å². The van der Waals surface area contributed by atoms with Crippen LogP contribution in [0.25, 0.3) is 0 Å². The molecular formula is C10H11BrClNO2. The largest absolute Gasteiger partial charge is 0.394 e. The standard InChI is InChI=1S/C10H11BrClNO2/c1-6(5-14)13-10(15)7-2-3-9(12)8(11)4-7/h2-4,6,14H,5H2,1H3,(H,13,15). The molecule has 1 amide bonds. The maximum atomic E-state index is 11.6. The molecule has 0 radical (unpaired) electrons. The van der Waals surface area contributed by atoms with E-state index in [2.05, 4.69) is 21.2 Å². The van der Waals surface area contributed by atoms with E-state index in [1.165, 1.54) is 0 Å². The van der Waals surface area contributed by atoms with Gasteiger partial charge in [0, 0.05) is 16.1 Å². The molecule has 0 fully saturated rings. The Kier molecular flexibility index (Phi) is 4.57. The number of halogens is 2. The second kappa shape index (κ2) is 5.49. The lowest BCUT2D eigenvalue weighted by Crippen LogP contribution is -2.34. The van der Waals surface area contributed by atoms with Gasteiger partial charge in [-0.2, -0.15) is 0 Å². The topological polar surface area (TPSA) is 49.3 Å². The van der Waals surface area contributed by atoms with Crippen LogP contribution in [0.3, 0.4) is 0 Å². The van der Waals surface area contributed by atoms with Crippen molar-refractivity contribution in [3.8, 4) is 0 Å². The average molecular weight is 293 g/mol. The van der Waals surface area contributed by atoms with Crippen LogP contribution in [0.5, 0.6) is 0 Å². The summed E-state index contributed by atoms with van der Waals surface area (Å²) in [5.41, 5.74) is 0.506. The molecule has 2 N–H and O–H groups in total. The van der Waals surface area contributed by atoms with Gasteiger partial charge in [-0.3, -0.25) is 4.79 Å². The summed E-state index contributed by atoms with van der Waals surface area (Å²) in [6.45, 7) is 1.64. The van der Waals surface area contributed by atoms with Crippen LogP contribution in [-0.4, -0.2) is 23.7 Å². The molecule has 0 aromatic heterocycles. The van der Waals surface area contributed by atoms with Gasteiger partial charge in [-0.05, 0) is 41.1 Å². The Balaban J connectivity index is 2.78.